The zero-order valence-electron chi connectivity index (χ0n) is 15.7. The molecule has 0 N–H and O–H groups in total. The molecule has 2 aromatic rings. The number of carbonyl (C=O) groups excluding carboxylic acids is 2. The van der Waals surface area contributed by atoms with Gasteiger partial charge in [0.15, 0.2) is 11.6 Å². The van der Waals surface area contributed by atoms with Crippen LogP contribution >= 0.6 is 23.1 Å². The van der Waals surface area contributed by atoms with Crippen LogP contribution < -0.4 is 4.90 Å². The Morgan fingerprint density at radius 1 is 1.10 bits per heavy atom. The first-order valence-corrected chi connectivity index (χ1v) is 11.4. The third kappa shape index (κ3) is 4.40. The highest BCUT2D eigenvalue weighted by Gasteiger charge is 2.33. The lowest BCUT2D eigenvalue weighted by Gasteiger charge is -2.24. The first kappa shape index (κ1) is 20.2. The standard InChI is InChI=1S/C20H21F2N3O2S2/c21-15-4-3-14(12-16(15)22)25-8-7-24(20(25)27)13-19(26)23-6-5-18(29-11-9-23)17-2-1-10-28-17/h1-4,10,12,18H,5-9,11,13H2. The Morgan fingerprint density at radius 3 is 2.72 bits per heavy atom. The van der Waals surface area contributed by atoms with Crippen LogP contribution in [0.3, 0.4) is 0 Å². The lowest BCUT2D eigenvalue weighted by molar-refractivity contribution is -0.131. The van der Waals surface area contributed by atoms with Gasteiger partial charge in [0.2, 0.25) is 5.91 Å². The van der Waals surface area contributed by atoms with Crippen molar-refractivity contribution in [3.63, 3.8) is 0 Å². The summed E-state index contributed by atoms with van der Waals surface area (Å²) in [4.78, 5) is 31.5. The van der Waals surface area contributed by atoms with Crippen LogP contribution in [0.2, 0.25) is 0 Å². The van der Waals surface area contributed by atoms with Gasteiger partial charge in [-0.2, -0.15) is 11.8 Å². The fraction of sp³-hybridized carbons (Fsp3) is 0.400. The van der Waals surface area contributed by atoms with Crippen molar-refractivity contribution < 1.29 is 18.4 Å². The van der Waals surface area contributed by atoms with Crippen molar-refractivity contribution in [2.75, 3.05) is 43.4 Å². The number of nitrogens with zero attached hydrogens (tertiary/aromatic N) is 3. The summed E-state index contributed by atoms with van der Waals surface area (Å²) >= 11 is 3.61. The molecule has 0 saturated carbocycles. The first-order valence-electron chi connectivity index (χ1n) is 9.47. The lowest BCUT2D eigenvalue weighted by Crippen LogP contribution is -2.43. The first-order chi connectivity index (χ1) is 14.0. The quantitative estimate of drug-likeness (QED) is 0.727. The summed E-state index contributed by atoms with van der Waals surface area (Å²) in [5, 5.41) is 2.48. The maximum absolute atomic E-state index is 13.5. The second-order valence-electron chi connectivity index (χ2n) is 7.00. The number of carbonyl (C=O) groups is 2. The minimum Gasteiger partial charge on any atom is -0.340 e. The van der Waals surface area contributed by atoms with Crippen molar-refractivity contribution in [1.82, 2.24) is 9.80 Å². The minimum absolute atomic E-state index is 0.00729. The Labute approximate surface area is 176 Å². The number of anilines is 1. The van der Waals surface area contributed by atoms with E-state index in [0.29, 0.717) is 37.1 Å². The van der Waals surface area contributed by atoms with Gasteiger partial charge < -0.3 is 9.80 Å². The summed E-state index contributed by atoms with van der Waals surface area (Å²) in [6.07, 6.45) is 0.895. The van der Waals surface area contributed by atoms with Gasteiger partial charge in [-0.25, -0.2) is 13.6 Å². The van der Waals surface area contributed by atoms with Crippen LogP contribution in [0.25, 0.3) is 0 Å². The molecule has 4 rings (SSSR count). The van der Waals surface area contributed by atoms with Crippen molar-refractivity contribution in [1.29, 1.82) is 0 Å². The third-order valence-corrected chi connectivity index (χ3v) is 7.64. The summed E-state index contributed by atoms with van der Waals surface area (Å²) in [7, 11) is 0. The second-order valence-corrected chi connectivity index (χ2v) is 9.29. The fourth-order valence-electron chi connectivity index (χ4n) is 3.61. The molecule has 9 heteroatoms. The monoisotopic (exact) mass is 437 g/mol. The van der Waals surface area contributed by atoms with E-state index in [1.165, 1.54) is 20.7 Å². The van der Waals surface area contributed by atoms with Gasteiger partial charge >= 0.3 is 6.03 Å². The summed E-state index contributed by atoms with van der Waals surface area (Å²) in [6, 6.07) is 7.21. The van der Waals surface area contributed by atoms with E-state index in [2.05, 4.69) is 11.4 Å². The highest BCUT2D eigenvalue weighted by atomic mass is 32.2. The van der Waals surface area contributed by atoms with Crippen LogP contribution in [-0.4, -0.2) is 60.2 Å². The van der Waals surface area contributed by atoms with Crippen LogP contribution in [0.15, 0.2) is 35.7 Å². The molecule has 2 aliphatic heterocycles. The van der Waals surface area contributed by atoms with Crippen LogP contribution in [0.4, 0.5) is 19.3 Å². The van der Waals surface area contributed by atoms with Crippen molar-refractivity contribution in [2.24, 2.45) is 0 Å². The molecule has 1 atom stereocenters. The van der Waals surface area contributed by atoms with E-state index < -0.39 is 11.6 Å². The Kier molecular flexibility index (Phi) is 6.05. The molecule has 1 aromatic heterocycles. The Hall–Kier alpha value is -2.13. The number of amides is 3. The maximum atomic E-state index is 13.5. The SMILES string of the molecule is O=C(CN1CCN(c2ccc(F)c(F)c2)C1=O)N1CCSC(c2cccs2)CC1. The molecule has 0 spiro atoms. The maximum Gasteiger partial charge on any atom is 0.325 e. The molecule has 29 heavy (non-hydrogen) atoms. The van der Waals surface area contributed by atoms with Gasteiger partial charge in [0.1, 0.15) is 6.54 Å². The number of urea groups is 1. The molecule has 3 heterocycles. The average molecular weight is 438 g/mol. The van der Waals surface area contributed by atoms with Crippen LogP contribution in [0.5, 0.6) is 0 Å². The Morgan fingerprint density at radius 2 is 1.97 bits per heavy atom. The molecule has 5 nitrogen and oxygen atoms in total. The summed E-state index contributed by atoms with van der Waals surface area (Å²) in [6.45, 7) is 2.06. The Balaban J connectivity index is 1.35. The van der Waals surface area contributed by atoms with E-state index in [1.54, 1.807) is 11.3 Å². The van der Waals surface area contributed by atoms with Crippen molar-refractivity contribution in [3.8, 4) is 0 Å². The van der Waals surface area contributed by atoms with Gasteiger partial charge in [0, 0.05) is 53.8 Å². The van der Waals surface area contributed by atoms with Crippen LogP contribution in [0.1, 0.15) is 16.5 Å². The number of rotatable bonds is 4. The van der Waals surface area contributed by atoms with E-state index >= 15 is 0 Å². The third-order valence-electron chi connectivity index (χ3n) is 5.19. The largest absolute Gasteiger partial charge is 0.340 e. The molecule has 2 saturated heterocycles. The molecular weight excluding hydrogens is 416 g/mol. The highest BCUT2D eigenvalue weighted by molar-refractivity contribution is 7.99. The number of halogens is 2. The van der Waals surface area contributed by atoms with Gasteiger partial charge in [0.05, 0.1) is 0 Å². The van der Waals surface area contributed by atoms with Crippen molar-refractivity contribution >= 4 is 40.7 Å². The number of thiophene rings is 1. The van der Waals surface area contributed by atoms with E-state index in [1.807, 2.05) is 22.7 Å². The zero-order valence-corrected chi connectivity index (χ0v) is 17.4. The molecule has 3 amide bonds. The molecule has 0 radical (unpaired) electrons. The smallest absolute Gasteiger partial charge is 0.325 e. The number of thioether (sulfide) groups is 1. The fourth-order valence-corrected chi connectivity index (χ4v) is 5.84. The molecule has 0 aliphatic carbocycles. The van der Waals surface area contributed by atoms with Gasteiger partial charge in [0.25, 0.3) is 0 Å². The van der Waals surface area contributed by atoms with E-state index in [9.17, 15) is 18.4 Å². The minimum atomic E-state index is -0.993. The number of hydrogen-bond acceptors (Lipinski definition) is 4. The van der Waals surface area contributed by atoms with E-state index in [-0.39, 0.29) is 18.5 Å². The molecule has 0 bridgehead atoms. The molecule has 1 aromatic carbocycles. The van der Waals surface area contributed by atoms with Crippen LogP contribution in [0, 0.1) is 11.6 Å². The molecule has 2 fully saturated rings. The zero-order chi connectivity index (χ0) is 20.4. The van der Waals surface area contributed by atoms with Gasteiger partial charge in [-0.05, 0) is 30.0 Å². The lowest BCUT2D eigenvalue weighted by atomic mass is 10.2. The normalized spacial score (nSPS) is 20.3. The topological polar surface area (TPSA) is 43.9 Å². The van der Waals surface area contributed by atoms with Gasteiger partial charge in [-0.1, -0.05) is 6.07 Å². The molecular formula is C20H21F2N3O2S2. The predicted molar refractivity (Wildman–Crippen MR) is 111 cm³/mol. The van der Waals surface area contributed by atoms with Gasteiger partial charge in [-0.15, -0.1) is 11.3 Å². The van der Waals surface area contributed by atoms with E-state index in [0.717, 1.165) is 24.3 Å². The summed E-state index contributed by atoms with van der Waals surface area (Å²) in [5.41, 5.74) is 0.300. The van der Waals surface area contributed by atoms with Crippen LogP contribution in [-0.2, 0) is 4.79 Å². The molecule has 1 unspecified atom stereocenters. The molecule has 2 aliphatic rings. The second kappa shape index (κ2) is 8.71. The molecule has 154 valence electrons. The summed E-state index contributed by atoms with van der Waals surface area (Å²) < 4.78 is 26.6. The van der Waals surface area contributed by atoms with Gasteiger partial charge in [-0.3, -0.25) is 9.69 Å². The highest BCUT2D eigenvalue weighted by Crippen LogP contribution is 2.36. The van der Waals surface area contributed by atoms with Crippen molar-refractivity contribution in [2.45, 2.75) is 11.7 Å². The predicted octanol–water partition coefficient (Wildman–Crippen LogP) is 3.98. The summed E-state index contributed by atoms with van der Waals surface area (Å²) in [5.74, 6) is -1.15. The van der Waals surface area contributed by atoms with Crippen molar-refractivity contribution in [3.05, 3.63) is 52.2 Å². The average Bonchev–Trinajstić information content (AvgIpc) is 3.29. The number of benzene rings is 1. The Bertz CT molecular complexity index is 894. The van der Waals surface area contributed by atoms with E-state index in [4.69, 9.17) is 0 Å². The number of hydrogen-bond donors (Lipinski definition) is 0.